The van der Waals surface area contributed by atoms with Crippen LogP contribution in [0.2, 0.25) is 0 Å². The highest BCUT2D eigenvalue weighted by atomic mass is 19.1. The third-order valence-corrected chi connectivity index (χ3v) is 5.44. The Bertz CT molecular complexity index is 860. The number of halogens is 1. The molecular formula is C19H23FN4O3. The monoisotopic (exact) mass is 374 g/mol. The van der Waals surface area contributed by atoms with E-state index in [2.05, 4.69) is 15.2 Å². The number of ether oxygens (including phenoxy) is 1. The lowest BCUT2D eigenvalue weighted by Gasteiger charge is -2.26. The molecule has 4 rings (SSSR count). The molecule has 1 aromatic heterocycles. The molecular weight excluding hydrogens is 351 g/mol. The summed E-state index contributed by atoms with van der Waals surface area (Å²) in [5, 5.41) is 6.47. The summed E-state index contributed by atoms with van der Waals surface area (Å²) in [4.78, 5) is 28.6. The van der Waals surface area contributed by atoms with E-state index >= 15 is 0 Å². The number of aromatic nitrogens is 3. The van der Waals surface area contributed by atoms with Gasteiger partial charge in [-0.25, -0.2) is 14.3 Å². The van der Waals surface area contributed by atoms with E-state index in [0.717, 1.165) is 12.0 Å². The van der Waals surface area contributed by atoms with Crippen molar-refractivity contribution < 1.29 is 13.9 Å². The zero-order chi connectivity index (χ0) is 18.8. The largest absolute Gasteiger partial charge is 0.371 e. The molecule has 2 atom stereocenters. The van der Waals surface area contributed by atoms with Gasteiger partial charge >= 0.3 is 5.69 Å². The third kappa shape index (κ3) is 4.10. The first-order chi connectivity index (χ1) is 13.1. The molecule has 1 amide bonds. The summed E-state index contributed by atoms with van der Waals surface area (Å²) in [6.07, 6.45) is 3.80. The van der Waals surface area contributed by atoms with E-state index < -0.39 is 0 Å². The fourth-order valence-electron chi connectivity index (χ4n) is 4.01. The highest BCUT2D eigenvalue weighted by Crippen LogP contribution is 2.49. The summed E-state index contributed by atoms with van der Waals surface area (Å²) >= 11 is 0. The van der Waals surface area contributed by atoms with Crippen LogP contribution in [0.3, 0.4) is 0 Å². The third-order valence-electron chi connectivity index (χ3n) is 5.44. The second-order valence-electron chi connectivity index (χ2n) is 7.32. The number of nitrogens with one attached hydrogen (secondary N) is 2. The van der Waals surface area contributed by atoms with Crippen LogP contribution in [0, 0.1) is 17.7 Å². The van der Waals surface area contributed by atoms with Gasteiger partial charge in [-0.2, -0.15) is 5.10 Å². The van der Waals surface area contributed by atoms with Crippen LogP contribution in [0.25, 0.3) is 0 Å². The molecule has 2 fully saturated rings. The van der Waals surface area contributed by atoms with Crippen LogP contribution < -0.4 is 5.69 Å². The molecule has 1 saturated heterocycles. The van der Waals surface area contributed by atoms with E-state index in [-0.39, 0.29) is 30.1 Å². The molecule has 7 nitrogen and oxygen atoms in total. The van der Waals surface area contributed by atoms with Crippen molar-refractivity contribution >= 4 is 5.91 Å². The first kappa shape index (κ1) is 17.9. The fourth-order valence-corrected chi connectivity index (χ4v) is 4.01. The molecule has 27 heavy (non-hydrogen) atoms. The molecule has 0 spiro atoms. The Kier molecular flexibility index (Phi) is 5.07. The molecule has 144 valence electrons. The average Bonchev–Trinajstić information content (AvgIpc) is 3.25. The maximum absolute atomic E-state index is 13.2. The lowest BCUT2D eigenvalue weighted by molar-refractivity contribution is -0.137. The highest BCUT2D eigenvalue weighted by Gasteiger charge is 2.46. The van der Waals surface area contributed by atoms with Crippen molar-refractivity contribution in [2.24, 2.45) is 11.8 Å². The van der Waals surface area contributed by atoms with Gasteiger partial charge in [0.1, 0.15) is 12.4 Å². The SMILES string of the molecule is O=C(COCCc1cccc(F)c1)N1CCC(C2CC2)C1c1n[nH]c(=O)[nH]1. The first-order valence-electron chi connectivity index (χ1n) is 9.38. The van der Waals surface area contributed by atoms with Crippen LogP contribution in [0.15, 0.2) is 29.1 Å². The fraction of sp³-hybridized carbons (Fsp3) is 0.526. The second-order valence-corrected chi connectivity index (χ2v) is 7.32. The van der Waals surface area contributed by atoms with Gasteiger partial charge in [0.05, 0.1) is 12.6 Å². The number of nitrogens with zero attached hydrogens (tertiary/aromatic N) is 2. The van der Waals surface area contributed by atoms with Crippen molar-refractivity contribution in [2.45, 2.75) is 31.7 Å². The molecule has 1 aliphatic heterocycles. The Morgan fingerprint density at radius 3 is 2.89 bits per heavy atom. The lowest BCUT2D eigenvalue weighted by atomic mass is 9.94. The molecule has 1 saturated carbocycles. The van der Waals surface area contributed by atoms with Crippen LogP contribution in [0.5, 0.6) is 0 Å². The van der Waals surface area contributed by atoms with Crippen molar-refractivity contribution in [3.05, 3.63) is 52.0 Å². The van der Waals surface area contributed by atoms with Crippen molar-refractivity contribution in [2.75, 3.05) is 19.8 Å². The molecule has 2 N–H and O–H groups in total. The van der Waals surface area contributed by atoms with Crippen molar-refractivity contribution in [3.8, 4) is 0 Å². The Morgan fingerprint density at radius 2 is 2.19 bits per heavy atom. The summed E-state index contributed by atoms with van der Waals surface area (Å²) in [5.74, 6) is 1.08. The molecule has 0 bridgehead atoms. The maximum atomic E-state index is 13.2. The van der Waals surface area contributed by atoms with Gasteiger partial charge in [-0.1, -0.05) is 12.1 Å². The van der Waals surface area contributed by atoms with Crippen LogP contribution >= 0.6 is 0 Å². The Balaban J connectivity index is 1.35. The van der Waals surface area contributed by atoms with Crippen LogP contribution in [0.1, 0.15) is 36.7 Å². The summed E-state index contributed by atoms with van der Waals surface area (Å²) in [7, 11) is 0. The number of likely N-dealkylation sites (tertiary alicyclic amines) is 1. The van der Waals surface area contributed by atoms with Gasteiger partial charge in [-0.3, -0.25) is 9.78 Å². The maximum Gasteiger partial charge on any atom is 0.340 e. The van der Waals surface area contributed by atoms with Gasteiger partial charge in [0.25, 0.3) is 0 Å². The Labute approximate surface area is 155 Å². The van der Waals surface area contributed by atoms with Gasteiger partial charge in [-0.15, -0.1) is 0 Å². The smallest absolute Gasteiger partial charge is 0.340 e. The standard InChI is InChI=1S/C19H23FN4O3/c20-14-3-1-2-12(10-14)7-9-27-11-16(25)24-8-6-15(13-4-5-13)17(24)18-21-19(26)23-22-18/h1-3,10,13,15,17H,4-9,11H2,(H2,21,22,23,26). The molecule has 2 unspecified atom stereocenters. The summed E-state index contributed by atoms with van der Waals surface area (Å²) < 4.78 is 18.7. The number of rotatable bonds is 7. The highest BCUT2D eigenvalue weighted by molar-refractivity contribution is 5.78. The predicted octanol–water partition coefficient (Wildman–Crippen LogP) is 1.80. The Morgan fingerprint density at radius 1 is 1.33 bits per heavy atom. The number of hydrogen-bond donors (Lipinski definition) is 2. The number of H-pyrrole nitrogens is 2. The average molecular weight is 374 g/mol. The Hall–Kier alpha value is -2.48. The second kappa shape index (κ2) is 7.64. The van der Waals surface area contributed by atoms with E-state index in [4.69, 9.17) is 4.74 Å². The zero-order valence-electron chi connectivity index (χ0n) is 15.0. The quantitative estimate of drug-likeness (QED) is 0.723. The minimum absolute atomic E-state index is 0.0299. The van der Waals surface area contributed by atoms with Gasteiger partial charge < -0.3 is 9.64 Å². The number of benzene rings is 1. The summed E-state index contributed by atoms with van der Waals surface area (Å²) in [5.41, 5.74) is 0.481. The summed E-state index contributed by atoms with van der Waals surface area (Å²) in [6, 6.07) is 6.16. The van der Waals surface area contributed by atoms with Crippen molar-refractivity contribution in [1.82, 2.24) is 20.1 Å². The van der Waals surface area contributed by atoms with Crippen LogP contribution in [-0.2, 0) is 16.0 Å². The van der Waals surface area contributed by atoms with Gasteiger partial charge in [0, 0.05) is 6.54 Å². The lowest BCUT2D eigenvalue weighted by Crippen LogP contribution is -2.36. The van der Waals surface area contributed by atoms with Crippen LogP contribution in [0.4, 0.5) is 4.39 Å². The number of carbonyl (C=O) groups is 1. The van der Waals surface area contributed by atoms with Gasteiger partial charge in [-0.05, 0) is 55.2 Å². The van der Waals surface area contributed by atoms with Crippen LogP contribution in [-0.4, -0.2) is 45.7 Å². The number of hydrogen-bond acceptors (Lipinski definition) is 4. The van der Waals surface area contributed by atoms with E-state index in [1.807, 2.05) is 6.07 Å². The van der Waals surface area contributed by atoms with E-state index in [1.165, 1.54) is 25.0 Å². The number of amides is 1. The zero-order valence-corrected chi connectivity index (χ0v) is 15.0. The molecule has 2 aromatic rings. The van der Waals surface area contributed by atoms with Crippen molar-refractivity contribution in [3.63, 3.8) is 0 Å². The van der Waals surface area contributed by atoms with Crippen molar-refractivity contribution in [1.29, 1.82) is 0 Å². The van der Waals surface area contributed by atoms with E-state index in [9.17, 15) is 14.0 Å². The molecule has 1 aromatic carbocycles. The minimum atomic E-state index is -0.356. The first-order valence-corrected chi connectivity index (χ1v) is 9.38. The molecule has 1 aliphatic carbocycles. The minimum Gasteiger partial charge on any atom is -0.371 e. The van der Waals surface area contributed by atoms with E-state index in [1.54, 1.807) is 11.0 Å². The molecule has 2 aliphatic rings. The number of aromatic amines is 2. The molecule has 0 radical (unpaired) electrons. The molecule has 8 heteroatoms. The van der Waals surface area contributed by atoms with E-state index in [0.29, 0.717) is 37.2 Å². The van der Waals surface area contributed by atoms with Gasteiger partial charge in [0.2, 0.25) is 5.91 Å². The normalized spacial score (nSPS) is 22.3. The molecule has 2 heterocycles. The summed E-state index contributed by atoms with van der Waals surface area (Å²) in [6.45, 7) is 0.962. The van der Waals surface area contributed by atoms with Gasteiger partial charge in [0.15, 0.2) is 5.82 Å². The topological polar surface area (TPSA) is 91.1 Å². The predicted molar refractivity (Wildman–Crippen MR) is 95.4 cm³/mol. The number of carbonyl (C=O) groups excluding carboxylic acids is 1.